The zero-order valence-electron chi connectivity index (χ0n) is 11.4. The summed E-state index contributed by atoms with van der Waals surface area (Å²) in [5, 5.41) is 3.79. The summed E-state index contributed by atoms with van der Waals surface area (Å²) in [5.74, 6) is 0.396. The summed E-state index contributed by atoms with van der Waals surface area (Å²) in [6, 6.07) is 9.28. The van der Waals surface area contributed by atoms with Crippen LogP contribution in [-0.4, -0.2) is 15.9 Å². The third-order valence-electron chi connectivity index (χ3n) is 3.16. The van der Waals surface area contributed by atoms with Crippen LogP contribution in [0.1, 0.15) is 29.2 Å². The minimum atomic E-state index is -0.381. The third kappa shape index (κ3) is 2.55. The Morgan fingerprint density at radius 1 is 1.29 bits per heavy atom. The maximum absolute atomic E-state index is 12.1. The number of carbonyl (C=O) groups excluding carboxylic acids is 1. The van der Waals surface area contributed by atoms with Crippen LogP contribution in [0.2, 0.25) is 0 Å². The smallest absolute Gasteiger partial charge is 0.274 e. The topological polar surface area (TPSA) is 94.0 Å². The predicted molar refractivity (Wildman–Crippen MR) is 78.5 cm³/mol. The minimum absolute atomic E-state index is 0.104. The molecule has 0 saturated carbocycles. The Morgan fingerprint density at radius 2 is 2.05 bits per heavy atom. The summed E-state index contributed by atoms with van der Waals surface area (Å²) >= 11 is 0. The number of para-hydroxylation sites is 1. The molecule has 0 aliphatic heterocycles. The molecular formula is C15H14N4O2. The van der Waals surface area contributed by atoms with Gasteiger partial charge in [-0.15, -0.1) is 0 Å². The van der Waals surface area contributed by atoms with Crippen molar-refractivity contribution in [3.63, 3.8) is 0 Å². The molecule has 6 heteroatoms. The van der Waals surface area contributed by atoms with E-state index in [2.05, 4.69) is 15.3 Å². The molecule has 3 N–H and O–H groups in total. The number of furan rings is 1. The number of nitrogens with zero attached hydrogens (tertiary/aromatic N) is 2. The van der Waals surface area contributed by atoms with Crippen molar-refractivity contribution in [2.24, 2.45) is 0 Å². The summed E-state index contributed by atoms with van der Waals surface area (Å²) in [7, 11) is 0. The molecule has 0 radical (unpaired) electrons. The molecule has 3 rings (SSSR count). The monoisotopic (exact) mass is 282 g/mol. The van der Waals surface area contributed by atoms with E-state index in [1.807, 2.05) is 37.3 Å². The Morgan fingerprint density at radius 3 is 2.81 bits per heavy atom. The van der Waals surface area contributed by atoms with E-state index in [1.165, 1.54) is 12.4 Å². The SMILES string of the molecule is CC(NC(=O)c1nccnc1N)c1cc2ccccc2o1. The first-order chi connectivity index (χ1) is 10.1. The molecule has 1 atom stereocenters. The molecule has 21 heavy (non-hydrogen) atoms. The molecule has 1 aromatic carbocycles. The zero-order valence-corrected chi connectivity index (χ0v) is 11.4. The van der Waals surface area contributed by atoms with Crippen LogP contribution < -0.4 is 11.1 Å². The van der Waals surface area contributed by atoms with Crippen LogP contribution in [0.3, 0.4) is 0 Å². The second kappa shape index (κ2) is 5.24. The number of nitrogen functional groups attached to an aromatic ring is 1. The average Bonchev–Trinajstić information content (AvgIpc) is 2.91. The van der Waals surface area contributed by atoms with E-state index in [0.717, 1.165) is 11.0 Å². The van der Waals surface area contributed by atoms with Gasteiger partial charge in [0.15, 0.2) is 11.5 Å². The Hall–Kier alpha value is -2.89. The van der Waals surface area contributed by atoms with Gasteiger partial charge in [-0.3, -0.25) is 4.79 Å². The third-order valence-corrected chi connectivity index (χ3v) is 3.16. The van der Waals surface area contributed by atoms with Gasteiger partial charge in [0, 0.05) is 17.8 Å². The van der Waals surface area contributed by atoms with Crippen molar-refractivity contribution in [2.75, 3.05) is 5.73 Å². The first-order valence-electron chi connectivity index (χ1n) is 6.51. The average molecular weight is 282 g/mol. The first-order valence-corrected chi connectivity index (χ1v) is 6.51. The maximum Gasteiger partial charge on any atom is 0.274 e. The second-order valence-corrected chi connectivity index (χ2v) is 4.67. The van der Waals surface area contributed by atoms with Gasteiger partial charge < -0.3 is 15.5 Å². The molecule has 0 saturated heterocycles. The van der Waals surface area contributed by atoms with E-state index < -0.39 is 0 Å². The molecule has 1 unspecified atom stereocenters. The molecular weight excluding hydrogens is 268 g/mol. The standard InChI is InChI=1S/C15H14N4O2/c1-9(12-8-10-4-2-3-5-11(10)21-12)19-15(20)13-14(16)18-7-6-17-13/h2-9H,1H3,(H2,16,18)(H,19,20). The van der Waals surface area contributed by atoms with Gasteiger partial charge in [0.1, 0.15) is 11.3 Å². The summed E-state index contributed by atoms with van der Waals surface area (Å²) in [4.78, 5) is 19.9. The van der Waals surface area contributed by atoms with Crippen molar-refractivity contribution in [1.29, 1.82) is 0 Å². The van der Waals surface area contributed by atoms with Gasteiger partial charge in [0.05, 0.1) is 6.04 Å². The highest BCUT2D eigenvalue weighted by Gasteiger charge is 2.18. The highest BCUT2D eigenvalue weighted by Crippen LogP contribution is 2.23. The highest BCUT2D eigenvalue weighted by atomic mass is 16.3. The van der Waals surface area contributed by atoms with Crippen LogP contribution in [0.15, 0.2) is 47.1 Å². The van der Waals surface area contributed by atoms with Gasteiger partial charge in [-0.05, 0) is 19.1 Å². The Bertz CT molecular complexity index is 764. The van der Waals surface area contributed by atoms with Crippen molar-refractivity contribution in [2.45, 2.75) is 13.0 Å². The van der Waals surface area contributed by atoms with E-state index in [4.69, 9.17) is 10.2 Å². The summed E-state index contributed by atoms with van der Waals surface area (Å²) in [6.45, 7) is 1.84. The van der Waals surface area contributed by atoms with Crippen LogP contribution in [0, 0.1) is 0 Å². The van der Waals surface area contributed by atoms with E-state index in [-0.39, 0.29) is 23.5 Å². The molecule has 0 fully saturated rings. The Labute approximate surface area is 121 Å². The van der Waals surface area contributed by atoms with E-state index in [1.54, 1.807) is 0 Å². The lowest BCUT2D eigenvalue weighted by Crippen LogP contribution is -2.28. The van der Waals surface area contributed by atoms with Crippen LogP contribution in [0.25, 0.3) is 11.0 Å². The normalized spacial score (nSPS) is 12.2. The number of nitrogens with two attached hydrogens (primary N) is 1. The van der Waals surface area contributed by atoms with E-state index in [9.17, 15) is 4.79 Å². The lowest BCUT2D eigenvalue weighted by atomic mass is 10.2. The first kappa shape index (κ1) is 13.1. The van der Waals surface area contributed by atoms with Crippen molar-refractivity contribution < 1.29 is 9.21 Å². The van der Waals surface area contributed by atoms with Gasteiger partial charge in [-0.2, -0.15) is 0 Å². The van der Waals surface area contributed by atoms with Gasteiger partial charge in [0.25, 0.3) is 5.91 Å². The van der Waals surface area contributed by atoms with Crippen LogP contribution >= 0.6 is 0 Å². The fraction of sp³-hybridized carbons (Fsp3) is 0.133. The minimum Gasteiger partial charge on any atom is -0.459 e. The van der Waals surface area contributed by atoms with Crippen molar-refractivity contribution >= 4 is 22.7 Å². The van der Waals surface area contributed by atoms with E-state index in [0.29, 0.717) is 5.76 Å². The lowest BCUT2D eigenvalue weighted by molar-refractivity contribution is 0.0931. The fourth-order valence-corrected chi connectivity index (χ4v) is 2.08. The number of nitrogens with one attached hydrogen (secondary N) is 1. The van der Waals surface area contributed by atoms with Crippen molar-refractivity contribution in [3.05, 3.63) is 54.2 Å². The van der Waals surface area contributed by atoms with E-state index >= 15 is 0 Å². The Kier molecular flexibility index (Phi) is 3.27. The summed E-state index contributed by atoms with van der Waals surface area (Å²) < 4.78 is 5.71. The molecule has 3 aromatic rings. The van der Waals surface area contributed by atoms with Crippen molar-refractivity contribution in [3.8, 4) is 0 Å². The Balaban J connectivity index is 1.81. The molecule has 2 aromatic heterocycles. The number of anilines is 1. The number of amides is 1. The van der Waals surface area contributed by atoms with Gasteiger partial charge in [0.2, 0.25) is 0 Å². The van der Waals surface area contributed by atoms with Crippen LogP contribution in [0.5, 0.6) is 0 Å². The largest absolute Gasteiger partial charge is 0.459 e. The number of benzene rings is 1. The van der Waals surface area contributed by atoms with Crippen molar-refractivity contribution in [1.82, 2.24) is 15.3 Å². The second-order valence-electron chi connectivity index (χ2n) is 4.67. The number of fused-ring (bicyclic) bond motifs is 1. The molecule has 0 spiro atoms. The fourth-order valence-electron chi connectivity index (χ4n) is 2.08. The predicted octanol–water partition coefficient (Wildman–Crippen LogP) is 2.30. The van der Waals surface area contributed by atoms with Gasteiger partial charge in [-0.1, -0.05) is 18.2 Å². The summed E-state index contributed by atoms with van der Waals surface area (Å²) in [5.41, 5.74) is 6.54. The number of hydrogen-bond donors (Lipinski definition) is 2. The number of aromatic nitrogens is 2. The molecule has 0 aliphatic carbocycles. The summed E-state index contributed by atoms with van der Waals surface area (Å²) in [6.07, 6.45) is 2.87. The number of rotatable bonds is 3. The lowest BCUT2D eigenvalue weighted by Gasteiger charge is -2.11. The molecule has 2 heterocycles. The molecule has 1 amide bonds. The quantitative estimate of drug-likeness (QED) is 0.768. The van der Waals surface area contributed by atoms with Gasteiger partial charge in [-0.25, -0.2) is 9.97 Å². The van der Waals surface area contributed by atoms with Crippen LogP contribution in [0.4, 0.5) is 5.82 Å². The van der Waals surface area contributed by atoms with Gasteiger partial charge >= 0.3 is 0 Å². The number of carbonyl (C=O) groups is 1. The molecule has 106 valence electrons. The zero-order chi connectivity index (χ0) is 14.8. The number of hydrogen-bond acceptors (Lipinski definition) is 5. The molecule has 6 nitrogen and oxygen atoms in total. The maximum atomic E-state index is 12.1. The molecule has 0 bridgehead atoms. The highest BCUT2D eigenvalue weighted by molar-refractivity contribution is 5.96. The van der Waals surface area contributed by atoms with Crippen LogP contribution in [-0.2, 0) is 0 Å². The molecule has 0 aliphatic rings.